The molecule has 71 valence electrons. The first-order chi connectivity index (χ1) is 4.22. The van der Waals surface area contributed by atoms with Crippen molar-refractivity contribution >= 4 is 24.2 Å². The van der Waals surface area contributed by atoms with Gasteiger partial charge in [-0.1, -0.05) is 30.3 Å². The van der Waals surface area contributed by atoms with E-state index >= 15 is 0 Å². The minimum Gasteiger partial charge on any atom is -0.269 e. The first kappa shape index (κ1) is 17.6. The van der Waals surface area contributed by atoms with Crippen molar-refractivity contribution in [3.63, 3.8) is 0 Å². The summed E-state index contributed by atoms with van der Waals surface area (Å²) in [5, 5.41) is 0.752. The molecule has 0 heterocycles. The Morgan fingerprint density at radius 2 is 1.67 bits per heavy atom. The fourth-order valence-corrected chi connectivity index (χ4v) is 1.01. The van der Waals surface area contributed by atoms with Crippen molar-refractivity contribution in [1.29, 1.82) is 0 Å². The normalized spacial score (nSPS) is 7.17. The van der Waals surface area contributed by atoms with E-state index in [2.05, 4.69) is 0 Å². The van der Waals surface area contributed by atoms with Crippen LogP contribution in [0.15, 0.2) is 23.1 Å². The Bertz CT molecular complexity index is 210. The lowest BCUT2D eigenvalue weighted by Gasteiger charge is -1.96. The monoisotopic (exact) mass is 217 g/mol. The number of hydrogen-bond acceptors (Lipinski definition) is 0. The van der Waals surface area contributed by atoms with E-state index in [4.69, 9.17) is 24.2 Å². The van der Waals surface area contributed by atoms with Crippen LogP contribution in [0.25, 0.3) is 0 Å². The summed E-state index contributed by atoms with van der Waals surface area (Å²) < 4.78 is 0. The quantitative estimate of drug-likeness (QED) is 0.622. The van der Waals surface area contributed by atoms with Crippen LogP contribution in [0.3, 0.4) is 0 Å². The van der Waals surface area contributed by atoms with Gasteiger partial charge in [0.05, 0.1) is 0 Å². The highest BCUT2D eigenvalue weighted by Gasteiger charge is 1.95. The van der Waals surface area contributed by atoms with Crippen LogP contribution in [0.4, 0.5) is 14.1 Å². The number of halogens is 4. The van der Waals surface area contributed by atoms with Crippen molar-refractivity contribution in [2.45, 2.75) is 11.8 Å². The van der Waals surface area contributed by atoms with Crippen molar-refractivity contribution in [1.82, 2.24) is 0 Å². The zero-order valence-corrected chi connectivity index (χ0v) is 7.82. The van der Waals surface area contributed by atoms with Crippen LogP contribution in [-0.4, -0.2) is 0 Å². The van der Waals surface area contributed by atoms with Gasteiger partial charge in [0.2, 0.25) is 0 Å². The number of hydrogen-bond donors (Lipinski definition) is 0. The van der Waals surface area contributed by atoms with Gasteiger partial charge in [-0.15, -0.1) is 0 Å². The standard InChI is InChI=1S/C7H6ClS.3FH/c1-5-6(8)3-2-4-7(5)9;;;/h2-4H,1H3;3*1H. The van der Waals surface area contributed by atoms with Crippen molar-refractivity contribution < 1.29 is 14.1 Å². The molecular weight excluding hydrogens is 209 g/mol. The molecule has 0 fully saturated rings. The average Bonchev–Trinajstić information content (AvgIpc) is 1.83. The van der Waals surface area contributed by atoms with Gasteiger partial charge in [0.15, 0.2) is 0 Å². The van der Waals surface area contributed by atoms with Crippen LogP contribution < -0.4 is 0 Å². The van der Waals surface area contributed by atoms with Crippen molar-refractivity contribution in [2.75, 3.05) is 0 Å². The van der Waals surface area contributed by atoms with E-state index in [1.54, 1.807) is 0 Å². The number of benzene rings is 1. The highest BCUT2D eigenvalue weighted by Crippen LogP contribution is 2.20. The van der Waals surface area contributed by atoms with Gasteiger partial charge < -0.3 is 0 Å². The third-order valence-corrected chi connectivity index (χ3v) is 2.07. The molecule has 12 heavy (non-hydrogen) atoms. The van der Waals surface area contributed by atoms with Gasteiger partial charge in [-0.2, -0.15) is 0 Å². The molecule has 0 bridgehead atoms. The van der Waals surface area contributed by atoms with Gasteiger partial charge in [0.1, 0.15) is 0 Å². The van der Waals surface area contributed by atoms with Crippen LogP contribution in [-0.2, 0) is 0 Å². The highest BCUT2D eigenvalue weighted by molar-refractivity contribution is 7.80. The summed E-state index contributed by atoms with van der Waals surface area (Å²) in [4.78, 5) is 0.836. The minimum atomic E-state index is 0. The van der Waals surface area contributed by atoms with E-state index in [0.717, 1.165) is 15.5 Å². The van der Waals surface area contributed by atoms with Gasteiger partial charge >= 0.3 is 0 Å². The van der Waals surface area contributed by atoms with Crippen LogP contribution in [0.5, 0.6) is 0 Å². The molecule has 0 aliphatic heterocycles. The molecule has 0 aliphatic rings. The molecule has 1 aromatic rings. The maximum Gasteiger partial charge on any atom is 0.0449 e. The molecule has 0 saturated carbocycles. The summed E-state index contributed by atoms with van der Waals surface area (Å²) in [7, 11) is 0. The Kier molecular flexibility index (Phi) is 10.5. The Balaban J connectivity index is -0.000000270. The molecule has 0 saturated heterocycles. The van der Waals surface area contributed by atoms with Gasteiger partial charge in [0, 0.05) is 9.92 Å². The Morgan fingerprint density at radius 1 is 1.17 bits per heavy atom. The Labute approximate surface area is 79.4 Å². The predicted molar refractivity (Wildman–Crippen MR) is 49.6 cm³/mol. The summed E-state index contributed by atoms with van der Waals surface area (Å²) >= 11 is 10.7. The molecule has 5 heteroatoms. The second-order valence-corrected chi connectivity index (χ2v) is 2.71. The first-order valence-corrected chi connectivity index (χ1v) is 3.42. The molecule has 0 spiro atoms. The van der Waals surface area contributed by atoms with E-state index in [0.29, 0.717) is 0 Å². The fraction of sp³-hybridized carbons (Fsp3) is 0.143. The molecule has 1 radical (unpaired) electrons. The van der Waals surface area contributed by atoms with Gasteiger partial charge in [0.25, 0.3) is 0 Å². The summed E-state index contributed by atoms with van der Waals surface area (Å²) in [5.74, 6) is 0. The maximum atomic E-state index is 5.75. The van der Waals surface area contributed by atoms with Crippen molar-refractivity contribution in [2.24, 2.45) is 0 Å². The summed E-state index contributed by atoms with van der Waals surface area (Å²) in [6.07, 6.45) is 0. The zero-order chi connectivity index (χ0) is 6.85. The van der Waals surface area contributed by atoms with Gasteiger partial charge in [-0.25, -0.2) is 0 Å². The molecular formula is C7H9ClF3S. The molecule has 0 atom stereocenters. The molecule has 0 aromatic heterocycles. The topological polar surface area (TPSA) is 0 Å². The van der Waals surface area contributed by atoms with Crippen LogP contribution in [0, 0.1) is 6.92 Å². The third kappa shape index (κ3) is 3.78. The second-order valence-electron chi connectivity index (χ2n) is 1.86. The van der Waals surface area contributed by atoms with Crippen LogP contribution in [0.1, 0.15) is 5.56 Å². The van der Waals surface area contributed by atoms with Crippen LogP contribution >= 0.6 is 24.2 Å². The highest BCUT2D eigenvalue weighted by atomic mass is 35.5. The van der Waals surface area contributed by atoms with Gasteiger partial charge in [-0.05, 0) is 24.6 Å². The first-order valence-electron chi connectivity index (χ1n) is 2.64. The maximum absolute atomic E-state index is 5.75. The van der Waals surface area contributed by atoms with E-state index in [1.165, 1.54) is 0 Å². The average molecular weight is 218 g/mol. The van der Waals surface area contributed by atoms with E-state index in [9.17, 15) is 0 Å². The molecule has 0 amide bonds. The lowest BCUT2D eigenvalue weighted by molar-refractivity contribution is 1.11. The van der Waals surface area contributed by atoms with E-state index in [1.807, 2.05) is 25.1 Å². The Morgan fingerprint density at radius 3 is 2.00 bits per heavy atom. The smallest absolute Gasteiger partial charge is 0.0449 e. The zero-order valence-electron chi connectivity index (χ0n) is 6.24. The summed E-state index contributed by atoms with van der Waals surface area (Å²) in [6.45, 7) is 1.92. The van der Waals surface area contributed by atoms with Gasteiger partial charge in [-0.3, -0.25) is 14.1 Å². The predicted octanol–water partition coefficient (Wildman–Crippen LogP) is 3.66. The fourth-order valence-electron chi connectivity index (χ4n) is 0.588. The largest absolute Gasteiger partial charge is 0.269 e. The third-order valence-electron chi connectivity index (χ3n) is 1.22. The lowest BCUT2D eigenvalue weighted by Crippen LogP contribution is -1.75. The summed E-state index contributed by atoms with van der Waals surface area (Å²) in [6, 6.07) is 5.57. The van der Waals surface area contributed by atoms with E-state index < -0.39 is 0 Å². The SMILES string of the molecule is Cc1c([S])cccc1Cl.F.F.F. The van der Waals surface area contributed by atoms with Crippen LogP contribution in [0.2, 0.25) is 5.02 Å². The molecule has 0 N–H and O–H groups in total. The molecule has 0 aliphatic carbocycles. The molecule has 0 unspecified atom stereocenters. The molecule has 0 nitrogen and oxygen atoms in total. The Hall–Kier alpha value is -0.480. The minimum absolute atomic E-state index is 0. The molecule has 1 rings (SSSR count). The van der Waals surface area contributed by atoms with E-state index in [-0.39, 0.29) is 14.1 Å². The second kappa shape index (κ2) is 7.18. The lowest BCUT2D eigenvalue weighted by atomic mass is 10.2. The van der Waals surface area contributed by atoms with Crippen molar-refractivity contribution in [3.8, 4) is 0 Å². The number of rotatable bonds is 0. The summed E-state index contributed by atoms with van der Waals surface area (Å²) in [5.41, 5.74) is 0.995. The van der Waals surface area contributed by atoms with Crippen molar-refractivity contribution in [3.05, 3.63) is 28.8 Å². The molecule has 1 aromatic carbocycles.